The molecule has 1 amide bonds. The summed E-state index contributed by atoms with van der Waals surface area (Å²) < 4.78 is 0. The number of benzene rings is 1. The zero-order chi connectivity index (χ0) is 16.2. The average molecular weight is 318 g/mol. The molecule has 23 heavy (non-hydrogen) atoms. The van der Waals surface area contributed by atoms with Crippen LogP contribution in [0.4, 0.5) is 5.69 Å². The van der Waals surface area contributed by atoms with Crippen LogP contribution in [0.25, 0.3) is 10.6 Å². The molecule has 3 nitrogen and oxygen atoms in total. The maximum Gasteiger partial charge on any atom is 0.257 e. The molecule has 4 heteroatoms. The second kappa shape index (κ2) is 6.47. The minimum absolute atomic E-state index is 0.193. The van der Waals surface area contributed by atoms with Crippen molar-refractivity contribution < 1.29 is 4.79 Å². The summed E-state index contributed by atoms with van der Waals surface area (Å²) in [6.07, 6.45) is 5.38. The quantitative estimate of drug-likeness (QED) is 0.729. The van der Waals surface area contributed by atoms with Crippen molar-refractivity contribution in [2.45, 2.75) is 6.92 Å². The van der Waals surface area contributed by atoms with E-state index >= 15 is 0 Å². The number of hydrogen-bond acceptors (Lipinski definition) is 3. The molecule has 0 unspecified atom stereocenters. The fourth-order valence-electron chi connectivity index (χ4n) is 2.25. The molecule has 0 bridgehead atoms. The van der Waals surface area contributed by atoms with E-state index in [1.807, 2.05) is 48.7 Å². The van der Waals surface area contributed by atoms with Crippen LogP contribution in [0, 0.1) is 19.3 Å². The van der Waals surface area contributed by atoms with E-state index in [4.69, 9.17) is 6.42 Å². The molecule has 0 fully saturated rings. The number of carbonyl (C=O) groups excluding carboxylic acids is 1. The van der Waals surface area contributed by atoms with Crippen LogP contribution in [0.15, 0.2) is 53.9 Å². The van der Waals surface area contributed by atoms with Gasteiger partial charge in [-0.2, -0.15) is 0 Å². The molecule has 2 heterocycles. The van der Waals surface area contributed by atoms with Gasteiger partial charge in [0.25, 0.3) is 5.91 Å². The molecule has 0 radical (unpaired) electrons. The van der Waals surface area contributed by atoms with Gasteiger partial charge < -0.3 is 5.32 Å². The number of nitrogens with zero attached hydrogens (tertiary/aromatic N) is 1. The van der Waals surface area contributed by atoms with Crippen molar-refractivity contribution in [3.8, 4) is 22.9 Å². The summed E-state index contributed by atoms with van der Waals surface area (Å²) in [5.41, 5.74) is 3.53. The summed E-state index contributed by atoms with van der Waals surface area (Å²) in [6, 6.07) is 14.9. The Labute approximate surface area is 139 Å². The van der Waals surface area contributed by atoms with Gasteiger partial charge >= 0.3 is 0 Å². The number of terminal acetylenes is 1. The molecule has 0 aliphatic heterocycles. The van der Waals surface area contributed by atoms with E-state index in [2.05, 4.69) is 16.2 Å². The molecular formula is C19H14N2OS. The van der Waals surface area contributed by atoms with Crippen LogP contribution >= 0.6 is 11.3 Å². The molecule has 1 aromatic carbocycles. The molecular weight excluding hydrogens is 304 g/mol. The Bertz CT molecular complexity index is 892. The van der Waals surface area contributed by atoms with Crippen molar-refractivity contribution in [3.05, 3.63) is 70.7 Å². The zero-order valence-corrected chi connectivity index (χ0v) is 13.4. The minimum atomic E-state index is -0.193. The molecule has 3 rings (SSSR count). The van der Waals surface area contributed by atoms with Gasteiger partial charge in [0.05, 0.1) is 21.8 Å². The Morgan fingerprint density at radius 1 is 1.22 bits per heavy atom. The number of carbonyl (C=O) groups is 1. The first-order chi connectivity index (χ1) is 11.2. The average Bonchev–Trinajstić information content (AvgIpc) is 3.09. The fourth-order valence-corrected chi connectivity index (χ4v) is 2.94. The normalized spacial score (nSPS) is 10.1. The molecule has 3 aromatic rings. The van der Waals surface area contributed by atoms with Gasteiger partial charge in [0.2, 0.25) is 0 Å². The first-order valence-electron chi connectivity index (χ1n) is 7.07. The molecule has 0 aliphatic rings. The molecule has 1 N–H and O–H groups in total. The van der Waals surface area contributed by atoms with Gasteiger partial charge in [-0.25, -0.2) is 0 Å². The van der Waals surface area contributed by atoms with Crippen molar-refractivity contribution in [2.24, 2.45) is 0 Å². The minimum Gasteiger partial charge on any atom is -0.322 e. The third-order valence-electron chi connectivity index (χ3n) is 3.39. The van der Waals surface area contributed by atoms with Crippen LogP contribution in [0.2, 0.25) is 0 Å². The van der Waals surface area contributed by atoms with E-state index in [1.54, 1.807) is 23.5 Å². The number of nitrogens with one attached hydrogen (secondary N) is 1. The van der Waals surface area contributed by atoms with E-state index in [0.29, 0.717) is 16.9 Å². The predicted octanol–water partition coefficient (Wildman–Crippen LogP) is 4.35. The van der Waals surface area contributed by atoms with Crippen molar-refractivity contribution in [1.29, 1.82) is 0 Å². The van der Waals surface area contributed by atoms with Crippen molar-refractivity contribution in [3.63, 3.8) is 0 Å². The largest absolute Gasteiger partial charge is 0.322 e. The lowest BCUT2D eigenvalue weighted by molar-refractivity contribution is 0.102. The summed E-state index contributed by atoms with van der Waals surface area (Å²) in [5, 5.41) is 4.86. The Morgan fingerprint density at radius 3 is 2.78 bits per heavy atom. The van der Waals surface area contributed by atoms with Crippen LogP contribution in [0.1, 0.15) is 21.6 Å². The lowest BCUT2D eigenvalue weighted by Crippen LogP contribution is -2.14. The second-order valence-electron chi connectivity index (χ2n) is 4.99. The number of aromatic nitrogens is 1. The molecule has 0 saturated carbocycles. The maximum atomic E-state index is 12.4. The van der Waals surface area contributed by atoms with Crippen LogP contribution in [0.3, 0.4) is 0 Å². The zero-order valence-electron chi connectivity index (χ0n) is 12.5. The lowest BCUT2D eigenvalue weighted by atomic mass is 10.1. The Hall–Kier alpha value is -2.90. The van der Waals surface area contributed by atoms with Gasteiger partial charge in [-0.05, 0) is 48.7 Å². The van der Waals surface area contributed by atoms with E-state index in [-0.39, 0.29) is 5.91 Å². The summed E-state index contributed by atoms with van der Waals surface area (Å²) in [4.78, 5) is 18.0. The monoisotopic (exact) mass is 318 g/mol. The smallest absolute Gasteiger partial charge is 0.257 e. The van der Waals surface area contributed by atoms with Gasteiger partial charge in [0, 0.05) is 11.3 Å². The molecule has 0 spiro atoms. The second-order valence-corrected chi connectivity index (χ2v) is 5.93. The fraction of sp³-hybridized carbons (Fsp3) is 0.0526. The van der Waals surface area contributed by atoms with Crippen molar-refractivity contribution >= 4 is 22.9 Å². The molecule has 112 valence electrons. The first-order valence-corrected chi connectivity index (χ1v) is 7.95. The third-order valence-corrected chi connectivity index (χ3v) is 4.28. The third kappa shape index (κ3) is 3.31. The number of aryl methyl sites for hydroxylation is 1. The van der Waals surface area contributed by atoms with Crippen molar-refractivity contribution in [1.82, 2.24) is 4.98 Å². The van der Waals surface area contributed by atoms with Crippen LogP contribution in [0.5, 0.6) is 0 Å². The number of pyridine rings is 1. The van der Waals surface area contributed by atoms with E-state index in [9.17, 15) is 4.79 Å². The number of anilines is 1. The van der Waals surface area contributed by atoms with Crippen LogP contribution in [-0.2, 0) is 0 Å². The number of thiophene rings is 1. The van der Waals surface area contributed by atoms with E-state index < -0.39 is 0 Å². The summed E-state index contributed by atoms with van der Waals surface area (Å²) in [6.45, 7) is 1.84. The molecule has 0 atom stereocenters. The molecule has 0 aliphatic carbocycles. The molecule has 2 aromatic heterocycles. The number of rotatable bonds is 3. The summed E-state index contributed by atoms with van der Waals surface area (Å²) in [5.74, 6) is 2.36. The predicted molar refractivity (Wildman–Crippen MR) is 94.6 cm³/mol. The highest BCUT2D eigenvalue weighted by Crippen LogP contribution is 2.24. The van der Waals surface area contributed by atoms with Gasteiger partial charge in [-0.3, -0.25) is 9.78 Å². The molecule has 0 saturated heterocycles. The highest BCUT2D eigenvalue weighted by molar-refractivity contribution is 7.13. The SMILES string of the molecule is C#Cc1cccc(NC(=O)c2ccc(-c3cccs3)nc2C)c1. The summed E-state index contributed by atoms with van der Waals surface area (Å²) >= 11 is 1.62. The number of amides is 1. The van der Waals surface area contributed by atoms with E-state index in [1.165, 1.54) is 0 Å². The Morgan fingerprint density at radius 2 is 2.09 bits per heavy atom. The van der Waals surface area contributed by atoms with Gasteiger partial charge in [0.1, 0.15) is 0 Å². The van der Waals surface area contributed by atoms with Crippen LogP contribution < -0.4 is 5.32 Å². The van der Waals surface area contributed by atoms with Gasteiger partial charge in [-0.15, -0.1) is 17.8 Å². The van der Waals surface area contributed by atoms with Crippen LogP contribution in [-0.4, -0.2) is 10.9 Å². The Balaban J connectivity index is 1.84. The first kappa shape index (κ1) is 15.0. The Kier molecular flexibility index (Phi) is 4.22. The highest BCUT2D eigenvalue weighted by Gasteiger charge is 2.12. The highest BCUT2D eigenvalue weighted by atomic mass is 32.1. The standard InChI is InChI=1S/C19H14N2OS/c1-3-14-6-4-7-15(12-14)21-19(22)16-9-10-17(20-13(16)2)18-8-5-11-23-18/h1,4-12H,2H3,(H,21,22). The maximum absolute atomic E-state index is 12.4. The topological polar surface area (TPSA) is 42.0 Å². The number of hydrogen-bond donors (Lipinski definition) is 1. The summed E-state index contributed by atoms with van der Waals surface area (Å²) in [7, 11) is 0. The lowest BCUT2D eigenvalue weighted by Gasteiger charge is -2.09. The van der Waals surface area contributed by atoms with Crippen molar-refractivity contribution in [2.75, 3.05) is 5.32 Å². The van der Waals surface area contributed by atoms with E-state index in [0.717, 1.165) is 16.1 Å². The van der Waals surface area contributed by atoms with Gasteiger partial charge in [0.15, 0.2) is 0 Å². The van der Waals surface area contributed by atoms with Gasteiger partial charge in [-0.1, -0.05) is 18.1 Å².